The molecule has 3 aromatic rings. The first-order valence-corrected chi connectivity index (χ1v) is 9.48. The van der Waals surface area contributed by atoms with Crippen molar-refractivity contribution in [2.24, 2.45) is 0 Å². The molecule has 0 bridgehead atoms. The number of aromatic nitrogens is 1. The van der Waals surface area contributed by atoms with Crippen molar-refractivity contribution in [1.82, 2.24) is 9.71 Å². The van der Waals surface area contributed by atoms with Crippen LogP contribution in [0.2, 0.25) is 0 Å². The monoisotopic (exact) mass is 360 g/mol. The summed E-state index contributed by atoms with van der Waals surface area (Å²) in [5.41, 5.74) is 2.46. The maximum atomic E-state index is 13.3. The third-order valence-electron chi connectivity index (χ3n) is 4.37. The highest BCUT2D eigenvalue weighted by Crippen LogP contribution is 2.29. The minimum atomic E-state index is -3.56. The van der Waals surface area contributed by atoms with Gasteiger partial charge in [-0.1, -0.05) is 12.1 Å². The van der Waals surface area contributed by atoms with Gasteiger partial charge in [0.25, 0.3) is 0 Å². The average Bonchev–Trinajstić information content (AvgIpc) is 3.23. The molecule has 0 radical (unpaired) electrons. The lowest BCUT2D eigenvalue weighted by atomic mass is 10.1. The number of sulfonamides is 1. The highest BCUT2D eigenvalue weighted by molar-refractivity contribution is 7.89. The molecule has 1 fully saturated rings. The van der Waals surface area contributed by atoms with Crippen molar-refractivity contribution in [3.8, 4) is 11.1 Å². The Morgan fingerprint density at radius 2 is 1.96 bits per heavy atom. The van der Waals surface area contributed by atoms with E-state index in [4.69, 9.17) is 4.74 Å². The fourth-order valence-corrected chi connectivity index (χ4v) is 4.32. The first-order chi connectivity index (χ1) is 12.0. The minimum absolute atomic E-state index is 0.173. The molecular weight excluding hydrogens is 343 g/mol. The fraction of sp³-hybridized carbons (Fsp3) is 0.222. The highest BCUT2D eigenvalue weighted by Gasteiger charge is 2.23. The number of fused-ring (bicyclic) bond motifs is 1. The molecule has 1 aliphatic rings. The number of H-pyrrole nitrogens is 1. The maximum Gasteiger partial charge on any atom is 0.240 e. The van der Waals surface area contributed by atoms with Crippen molar-refractivity contribution in [1.29, 1.82) is 0 Å². The molecule has 0 amide bonds. The van der Waals surface area contributed by atoms with E-state index in [1.54, 1.807) is 36.5 Å². The van der Waals surface area contributed by atoms with Crippen LogP contribution in [0.4, 0.5) is 4.39 Å². The molecule has 1 saturated heterocycles. The summed E-state index contributed by atoms with van der Waals surface area (Å²) >= 11 is 0. The van der Waals surface area contributed by atoms with Gasteiger partial charge in [-0.05, 0) is 42.3 Å². The summed E-state index contributed by atoms with van der Waals surface area (Å²) in [6.07, 6.45) is 2.48. The number of rotatable bonds is 4. The van der Waals surface area contributed by atoms with Gasteiger partial charge in [-0.3, -0.25) is 0 Å². The van der Waals surface area contributed by atoms with Crippen LogP contribution in [0.3, 0.4) is 0 Å². The van der Waals surface area contributed by atoms with E-state index >= 15 is 0 Å². The predicted octanol–water partition coefficient (Wildman–Crippen LogP) is 3.04. The van der Waals surface area contributed by atoms with Crippen molar-refractivity contribution >= 4 is 20.9 Å². The minimum Gasteiger partial charge on any atom is -0.380 e. The van der Waals surface area contributed by atoms with Crippen LogP contribution in [0, 0.1) is 5.82 Å². The Kier molecular flexibility index (Phi) is 4.07. The molecule has 1 aromatic heterocycles. The van der Waals surface area contributed by atoms with Gasteiger partial charge in [0.05, 0.1) is 11.5 Å². The molecule has 2 aromatic carbocycles. The fourth-order valence-electron chi connectivity index (χ4n) is 3.07. The van der Waals surface area contributed by atoms with Gasteiger partial charge in [0.15, 0.2) is 0 Å². The molecule has 5 nitrogen and oxygen atoms in total. The van der Waals surface area contributed by atoms with Gasteiger partial charge >= 0.3 is 0 Å². The lowest BCUT2D eigenvalue weighted by Gasteiger charge is -2.11. The topological polar surface area (TPSA) is 71.2 Å². The molecule has 2 N–H and O–H groups in total. The summed E-state index contributed by atoms with van der Waals surface area (Å²) < 4.78 is 46.0. The summed E-state index contributed by atoms with van der Waals surface area (Å²) in [6.45, 7) is 0.983. The normalized spacial score (nSPS) is 18.0. The van der Waals surface area contributed by atoms with E-state index in [1.807, 2.05) is 0 Å². The van der Waals surface area contributed by atoms with E-state index in [9.17, 15) is 12.8 Å². The van der Waals surface area contributed by atoms with Crippen molar-refractivity contribution in [2.75, 3.05) is 13.2 Å². The van der Waals surface area contributed by atoms with E-state index in [0.717, 1.165) is 16.5 Å². The Morgan fingerprint density at radius 1 is 1.16 bits per heavy atom. The molecule has 7 heteroatoms. The van der Waals surface area contributed by atoms with Crippen LogP contribution in [-0.2, 0) is 14.8 Å². The number of aromatic amines is 1. The molecule has 4 rings (SSSR count). The number of benzene rings is 2. The molecule has 1 aliphatic heterocycles. The van der Waals surface area contributed by atoms with Crippen LogP contribution in [0.5, 0.6) is 0 Å². The molecule has 1 atom stereocenters. The van der Waals surface area contributed by atoms with Crippen LogP contribution in [-0.4, -0.2) is 32.7 Å². The summed E-state index contributed by atoms with van der Waals surface area (Å²) in [4.78, 5) is 3.25. The molecular formula is C18H17FN2O3S. The Morgan fingerprint density at radius 3 is 2.68 bits per heavy atom. The molecule has 0 spiro atoms. The molecule has 25 heavy (non-hydrogen) atoms. The van der Waals surface area contributed by atoms with E-state index in [2.05, 4.69) is 9.71 Å². The van der Waals surface area contributed by atoms with Crippen LogP contribution in [0.25, 0.3) is 22.0 Å². The highest BCUT2D eigenvalue weighted by atomic mass is 32.2. The van der Waals surface area contributed by atoms with E-state index in [-0.39, 0.29) is 16.8 Å². The molecule has 0 unspecified atom stereocenters. The average molecular weight is 360 g/mol. The molecule has 130 valence electrons. The van der Waals surface area contributed by atoms with Crippen molar-refractivity contribution in [2.45, 2.75) is 17.4 Å². The Labute approximate surface area is 144 Å². The largest absolute Gasteiger partial charge is 0.380 e. The zero-order valence-electron chi connectivity index (χ0n) is 13.3. The molecule has 0 aliphatic carbocycles. The standard InChI is InChI=1S/C18H17FN2O3S/c19-13-3-6-16-17(10-20-18(16)9-13)12-1-4-15(5-2-12)25(22,23)21-14-7-8-24-11-14/h1-6,9-10,14,20-21H,7-8,11H2/t14-/m1/s1. The number of nitrogens with one attached hydrogen (secondary N) is 2. The number of hydrogen-bond acceptors (Lipinski definition) is 3. The smallest absolute Gasteiger partial charge is 0.240 e. The summed E-state index contributed by atoms with van der Waals surface area (Å²) in [5.74, 6) is -0.302. The summed E-state index contributed by atoms with van der Waals surface area (Å²) in [6, 6.07) is 11.1. The number of ether oxygens (including phenoxy) is 1. The Bertz CT molecular complexity index is 1010. The number of halogens is 1. The van der Waals surface area contributed by atoms with Gasteiger partial charge in [-0.25, -0.2) is 17.5 Å². The second-order valence-corrected chi connectivity index (χ2v) is 7.81. The third-order valence-corrected chi connectivity index (χ3v) is 5.91. The van der Waals surface area contributed by atoms with Gasteiger partial charge < -0.3 is 9.72 Å². The zero-order valence-corrected chi connectivity index (χ0v) is 14.1. The Hall–Kier alpha value is -2.22. The first-order valence-electron chi connectivity index (χ1n) is 8.00. The summed E-state index contributed by atoms with van der Waals surface area (Å²) in [7, 11) is -3.56. The van der Waals surface area contributed by atoms with Crippen molar-refractivity contribution in [3.63, 3.8) is 0 Å². The zero-order chi connectivity index (χ0) is 17.4. The lowest BCUT2D eigenvalue weighted by Crippen LogP contribution is -2.34. The van der Waals surface area contributed by atoms with Gasteiger partial charge in [0.2, 0.25) is 10.0 Å². The van der Waals surface area contributed by atoms with Gasteiger partial charge in [0.1, 0.15) is 5.82 Å². The second-order valence-electron chi connectivity index (χ2n) is 6.10. The SMILES string of the molecule is O=S(=O)(N[C@@H]1CCOC1)c1ccc(-c2c[nH]c3cc(F)ccc23)cc1. The van der Waals surface area contributed by atoms with Crippen LogP contribution < -0.4 is 4.72 Å². The molecule has 2 heterocycles. The van der Waals surface area contributed by atoms with E-state index < -0.39 is 10.0 Å². The van der Waals surface area contributed by atoms with Gasteiger partial charge in [-0.15, -0.1) is 0 Å². The van der Waals surface area contributed by atoms with Gasteiger partial charge in [0, 0.05) is 35.3 Å². The number of hydrogen-bond donors (Lipinski definition) is 2. The summed E-state index contributed by atoms with van der Waals surface area (Å²) in [5, 5.41) is 0.887. The third kappa shape index (κ3) is 3.18. The Balaban J connectivity index is 1.63. The van der Waals surface area contributed by atoms with Crippen LogP contribution in [0.1, 0.15) is 6.42 Å². The first kappa shape index (κ1) is 16.3. The molecule has 0 saturated carbocycles. The lowest BCUT2D eigenvalue weighted by molar-refractivity contribution is 0.192. The van der Waals surface area contributed by atoms with Crippen LogP contribution in [0.15, 0.2) is 53.6 Å². The van der Waals surface area contributed by atoms with Crippen LogP contribution >= 0.6 is 0 Å². The van der Waals surface area contributed by atoms with Gasteiger partial charge in [-0.2, -0.15) is 0 Å². The second kappa shape index (κ2) is 6.25. The predicted molar refractivity (Wildman–Crippen MR) is 93.2 cm³/mol. The van der Waals surface area contributed by atoms with Crippen molar-refractivity contribution in [3.05, 3.63) is 54.5 Å². The quantitative estimate of drug-likeness (QED) is 0.751. The van der Waals surface area contributed by atoms with E-state index in [0.29, 0.717) is 25.2 Å². The maximum absolute atomic E-state index is 13.3. The van der Waals surface area contributed by atoms with E-state index in [1.165, 1.54) is 12.1 Å². The van der Waals surface area contributed by atoms with Crippen molar-refractivity contribution < 1.29 is 17.5 Å².